The van der Waals surface area contributed by atoms with Gasteiger partial charge in [0.2, 0.25) is 0 Å². The van der Waals surface area contributed by atoms with Crippen molar-refractivity contribution >= 4 is 19.8 Å². The van der Waals surface area contributed by atoms with Gasteiger partial charge in [-0.15, -0.1) is 0 Å². The fraction of sp³-hybridized carbons (Fsp3) is 0.400. The number of hydrogen-bond acceptors (Lipinski definition) is 5. The number of carboxylic acid groups (broad SMARTS) is 2. The second-order valence-electron chi connectivity index (χ2n) is 3.45. The summed E-state index contributed by atoms with van der Waals surface area (Å²) in [6.45, 7) is 5.72. The molecule has 0 heterocycles. The van der Waals surface area contributed by atoms with Crippen molar-refractivity contribution in [1.29, 1.82) is 0 Å². The Morgan fingerprint density at radius 2 is 1.26 bits per heavy atom. The van der Waals surface area contributed by atoms with E-state index in [0.29, 0.717) is 0 Å². The first-order valence-corrected chi connectivity index (χ1v) is 6.59. The lowest BCUT2D eigenvalue weighted by Gasteiger charge is -2.12. The van der Waals surface area contributed by atoms with E-state index in [-0.39, 0.29) is 37.2 Å². The molecule has 0 saturated heterocycles. The molecule has 0 saturated carbocycles. The molecule has 0 radical (unpaired) electrons. The highest BCUT2D eigenvalue weighted by atomic mass is 31.2. The molecule has 19 heavy (non-hydrogen) atoms. The quantitative estimate of drug-likeness (QED) is 0.404. The summed E-state index contributed by atoms with van der Waals surface area (Å²) in [7, 11) is -4.33. The van der Waals surface area contributed by atoms with Crippen molar-refractivity contribution in [1.82, 2.24) is 0 Å². The van der Waals surface area contributed by atoms with Crippen molar-refractivity contribution < 1.29 is 38.3 Å². The van der Waals surface area contributed by atoms with E-state index in [1.165, 1.54) is 0 Å². The van der Waals surface area contributed by atoms with Gasteiger partial charge in [-0.1, -0.05) is 13.2 Å². The average Bonchev–Trinajstić information content (AvgIpc) is 2.27. The Morgan fingerprint density at radius 1 is 0.947 bits per heavy atom. The Balaban J connectivity index is 3.96. The third-order valence-electron chi connectivity index (χ3n) is 1.92. The molecule has 0 aromatic heterocycles. The van der Waals surface area contributed by atoms with Crippen LogP contribution < -0.4 is 0 Å². The summed E-state index contributed by atoms with van der Waals surface area (Å²) in [5.74, 6) is -2.45. The number of aliphatic carboxylic acids is 2. The highest BCUT2D eigenvalue weighted by Gasteiger charge is 2.21. The maximum Gasteiger partial charge on any atom is 0.472 e. The van der Waals surface area contributed by atoms with Crippen LogP contribution in [0, 0.1) is 0 Å². The lowest BCUT2D eigenvalue weighted by molar-refractivity contribution is -0.133. The van der Waals surface area contributed by atoms with E-state index in [1.807, 2.05) is 0 Å². The molecule has 8 nitrogen and oxygen atoms in total. The largest absolute Gasteiger partial charge is 0.478 e. The van der Waals surface area contributed by atoms with Crippen molar-refractivity contribution in [2.75, 3.05) is 13.2 Å². The van der Waals surface area contributed by atoms with Gasteiger partial charge in [-0.25, -0.2) is 14.2 Å². The number of hydrogen-bond donors (Lipinski definition) is 3. The Labute approximate surface area is 109 Å². The molecule has 0 rings (SSSR count). The molecule has 0 aliphatic heterocycles. The smallest absolute Gasteiger partial charge is 0.472 e. The molecule has 9 heteroatoms. The number of phosphoric ester groups is 1. The minimum atomic E-state index is -4.33. The Bertz CT molecular complexity index is 391. The predicted octanol–water partition coefficient (Wildman–Crippen LogP) is 1.18. The topological polar surface area (TPSA) is 130 Å². The highest BCUT2D eigenvalue weighted by Crippen LogP contribution is 2.43. The van der Waals surface area contributed by atoms with E-state index in [1.54, 1.807) is 0 Å². The van der Waals surface area contributed by atoms with Crippen LogP contribution in [0.4, 0.5) is 0 Å². The molecule has 0 aromatic carbocycles. The van der Waals surface area contributed by atoms with Gasteiger partial charge in [-0.05, 0) is 0 Å². The number of carboxylic acids is 2. The summed E-state index contributed by atoms with van der Waals surface area (Å²) in [4.78, 5) is 29.9. The summed E-state index contributed by atoms with van der Waals surface area (Å²) < 4.78 is 20.2. The lowest BCUT2D eigenvalue weighted by atomic mass is 10.2. The van der Waals surface area contributed by atoms with Crippen molar-refractivity contribution in [3.8, 4) is 0 Å². The molecule has 0 unspecified atom stereocenters. The minimum absolute atomic E-state index is 0.134. The number of rotatable bonds is 10. The van der Waals surface area contributed by atoms with Gasteiger partial charge >= 0.3 is 19.8 Å². The molecule has 0 atom stereocenters. The zero-order valence-corrected chi connectivity index (χ0v) is 11.0. The van der Waals surface area contributed by atoms with Crippen molar-refractivity contribution in [2.24, 2.45) is 0 Å². The normalized spacial score (nSPS) is 11.0. The molecular formula is C10H15O8P. The van der Waals surface area contributed by atoms with Gasteiger partial charge in [0.05, 0.1) is 13.2 Å². The maximum atomic E-state index is 11.3. The summed E-state index contributed by atoms with van der Waals surface area (Å²) in [6.07, 6.45) is -0.268. The second kappa shape index (κ2) is 7.85. The third kappa shape index (κ3) is 8.28. The molecule has 0 fully saturated rings. The van der Waals surface area contributed by atoms with Crippen molar-refractivity contribution in [3.63, 3.8) is 0 Å². The SMILES string of the molecule is C=C(CCOP(=O)(O)OCCC(=C)C(=O)O)C(=O)O. The highest BCUT2D eigenvalue weighted by molar-refractivity contribution is 7.47. The first kappa shape index (κ1) is 17.5. The van der Waals surface area contributed by atoms with E-state index in [0.717, 1.165) is 0 Å². The van der Waals surface area contributed by atoms with Crippen LogP contribution in [0.1, 0.15) is 12.8 Å². The summed E-state index contributed by atoms with van der Waals surface area (Å²) >= 11 is 0. The van der Waals surface area contributed by atoms with Crippen LogP contribution in [0.5, 0.6) is 0 Å². The van der Waals surface area contributed by atoms with Gasteiger partial charge in [0.25, 0.3) is 0 Å². The van der Waals surface area contributed by atoms with E-state index in [2.05, 4.69) is 22.2 Å². The molecule has 0 aliphatic rings. The van der Waals surface area contributed by atoms with Crippen molar-refractivity contribution in [2.45, 2.75) is 12.8 Å². The molecular weight excluding hydrogens is 279 g/mol. The van der Waals surface area contributed by atoms with Gasteiger partial charge < -0.3 is 15.1 Å². The number of carbonyl (C=O) groups is 2. The van der Waals surface area contributed by atoms with Gasteiger partial charge in [0.15, 0.2) is 0 Å². The molecule has 3 N–H and O–H groups in total. The van der Waals surface area contributed by atoms with Crippen molar-refractivity contribution in [3.05, 3.63) is 24.3 Å². The van der Waals surface area contributed by atoms with E-state index in [9.17, 15) is 19.0 Å². The summed E-state index contributed by atoms with van der Waals surface area (Å²) in [5.41, 5.74) is -0.335. The van der Waals surface area contributed by atoms with Crippen LogP contribution >= 0.6 is 7.82 Å². The van der Waals surface area contributed by atoms with E-state index in [4.69, 9.17) is 10.2 Å². The standard InChI is InChI=1S/C10H15O8P/c1-7(9(11)12)3-5-17-19(15,16)18-6-4-8(2)10(13)14/h1-6H2,(H,11,12)(H,13,14)(H,15,16). The minimum Gasteiger partial charge on any atom is -0.478 e. The fourth-order valence-electron chi connectivity index (χ4n) is 0.820. The van der Waals surface area contributed by atoms with Gasteiger partial charge in [-0.3, -0.25) is 9.05 Å². The van der Waals surface area contributed by atoms with Gasteiger partial charge in [-0.2, -0.15) is 0 Å². The zero-order chi connectivity index (χ0) is 15.1. The summed E-state index contributed by atoms with van der Waals surface area (Å²) in [5, 5.41) is 17.0. The predicted molar refractivity (Wildman–Crippen MR) is 64.5 cm³/mol. The van der Waals surface area contributed by atoms with Crippen LogP contribution in [-0.2, 0) is 23.2 Å². The Kier molecular flexibility index (Phi) is 7.25. The van der Waals surface area contributed by atoms with E-state index >= 15 is 0 Å². The molecule has 0 bridgehead atoms. The molecule has 0 aliphatic carbocycles. The third-order valence-corrected chi connectivity index (χ3v) is 2.94. The molecule has 0 amide bonds. The second-order valence-corrected chi connectivity index (χ2v) is 4.91. The van der Waals surface area contributed by atoms with Gasteiger partial charge in [0, 0.05) is 24.0 Å². The van der Waals surface area contributed by atoms with Crippen LogP contribution in [0.2, 0.25) is 0 Å². The first-order chi connectivity index (χ1) is 8.65. The Morgan fingerprint density at radius 3 is 1.53 bits per heavy atom. The van der Waals surface area contributed by atoms with Crippen LogP contribution in [0.25, 0.3) is 0 Å². The first-order valence-electron chi connectivity index (χ1n) is 5.09. The molecule has 0 spiro atoms. The molecule has 108 valence electrons. The fourth-order valence-corrected chi connectivity index (χ4v) is 1.54. The van der Waals surface area contributed by atoms with Crippen LogP contribution in [-0.4, -0.2) is 40.3 Å². The lowest BCUT2D eigenvalue weighted by Crippen LogP contribution is -2.06. The number of phosphoric acid groups is 1. The zero-order valence-electron chi connectivity index (χ0n) is 10.1. The van der Waals surface area contributed by atoms with E-state index < -0.39 is 19.8 Å². The van der Waals surface area contributed by atoms with Crippen LogP contribution in [0.3, 0.4) is 0 Å². The Hall–Kier alpha value is -1.47. The maximum absolute atomic E-state index is 11.3. The molecule has 0 aromatic rings. The van der Waals surface area contributed by atoms with Gasteiger partial charge in [0.1, 0.15) is 0 Å². The summed E-state index contributed by atoms with van der Waals surface area (Å²) in [6, 6.07) is 0. The van der Waals surface area contributed by atoms with Crippen LogP contribution in [0.15, 0.2) is 24.3 Å². The average molecular weight is 294 g/mol. The monoisotopic (exact) mass is 294 g/mol.